The van der Waals surface area contributed by atoms with E-state index in [-0.39, 0.29) is 5.60 Å². The second-order valence-corrected chi connectivity index (χ2v) is 5.22. The van der Waals surface area contributed by atoms with Crippen molar-refractivity contribution >= 4 is 10.9 Å². The highest BCUT2D eigenvalue weighted by Crippen LogP contribution is 2.23. The molecule has 0 spiro atoms. The minimum absolute atomic E-state index is 0.105. The fraction of sp³-hybridized carbons (Fsp3) is 0.375. The molecule has 1 heterocycles. The van der Waals surface area contributed by atoms with Crippen LogP contribution in [0.1, 0.15) is 25.8 Å². The third kappa shape index (κ3) is 3.02. The van der Waals surface area contributed by atoms with Crippen molar-refractivity contribution in [1.82, 2.24) is 4.98 Å². The molecule has 0 aliphatic carbocycles. The Bertz CT molecular complexity index is 525. The Morgan fingerprint density at radius 2 is 2.11 bits per heavy atom. The quantitative estimate of drug-likeness (QED) is 0.760. The van der Waals surface area contributed by atoms with Crippen LogP contribution in [0.4, 0.5) is 0 Å². The molecule has 96 valence electrons. The van der Waals surface area contributed by atoms with Crippen molar-refractivity contribution in [3.8, 4) is 0 Å². The molecule has 0 saturated carbocycles. The maximum Gasteiger partial charge on any atom is 0.0652 e. The third-order valence-electron chi connectivity index (χ3n) is 3.26. The van der Waals surface area contributed by atoms with Crippen LogP contribution in [0, 0.1) is 0 Å². The molecule has 2 heteroatoms. The first kappa shape index (κ1) is 12.9. The van der Waals surface area contributed by atoms with Crippen LogP contribution in [-0.4, -0.2) is 17.2 Å². The zero-order valence-corrected chi connectivity index (χ0v) is 11.2. The number of aryl methyl sites for hydroxylation is 1. The van der Waals surface area contributed by atoms with E-state index < -0.39 is 0 Å². The van der Waals surface area contributed by atoms with Gasteiger partial charge in [-0.05, 0) is 38.3 Å². The summed E-state index contributed by atoms with van der Waals surface area (Å²) in [6, 6.07) is 8.41. The highest BCUT2D eigenvalue weighted by molar-refractivity contribution is 5.82. The van der Waals surface area contributed by atoms with Crippen molar-refractivity contribution in [2.45, 2.75) is 32.3 Å². The summed E-state index contributed by atoms with van der Waals surface area (Å²) in [5.74, 6) is 0. The van der Waals surface area contributed by atoms with E-state index in [9.17, 15) is 0 Å². The standard InChI is InChI=1S/C16H21NO/c1-4-11-18-16(2,3)10-9-13-12-17-15-8-6-5-7-14(13)15/h4-8,12,17H,1,9-11H2,2-3H3. The Morgan fingerprint density at radius 1 is 1.33 bits per heavy atom. The number of rotatable bonds is 6. The van der Waals surface area contributed by atoms with Gasteiger partial charge in [0, 0.05) is 17.1 Å². The highest BCUT2D eigenvalue weighted by atomic mass is 16.5. The number of aromatic nitrogens is 1. The molecule has 0 saturated heterocycles. The van der Waals surface area contributed by atoms with Gasteiger partial charge in [-0.3, -0.25) is 0 Å². The number of ether oxygens (including phenoxy) is 1. The Balaban J connectivity index is 2.03. The van der Waals surface area contributed by atoms with Crippen LogP contribution in [0.2, 0.25) is 0 Å². The fourth-order valence-corrected chi connectivity index (χ4v) is 2.13. The summed E-state index contributed by atoms with van der Waals surface area (Å²) in [5, 5.41) is 1.32. The van der Waals surface area contributed by atoms with Gasteiger partial charge in [0.1, 0.15) is 0 Å². The number of hydrogen-bond acceptors (Lipinski definition) is 1. The first-order valence-corrected chi connectivity index (χ1v) is 6.42. The molecular formula is C16H21NO. The minimum atomic E-state index is -0.105. The predicted octanol–water partition coefficient (Wildman–Crippen LogP) is 4.08. The molecule has 0 unspecified atom stereocenters. The van der Waals surface area contributed by atoms with Crippen molar-refractivity contribution in [1.29, 1.82) is 0 Å². The van der Waals surface area contributed by atoms with Crippen LogP contribution in [0.15, 0.2) is 43.1 Å². The van der Waals surface area contributed by atoms with Gasteiger partial charge in [0.15, 0.2) is 0 Å². The Hall–Kier alpha value is -1.54. The molecule has 2 aromatic rings. The van der Waals surface area contributed by atoms with Gasteiger partial charge in [-0.2, -0.15) is 0 Å². The van der Waals surface area contributed by atoms with E-state index in [2.05, 4.69) is 55.9 Å². The highest BCUT2D eigenvalue weighted by Gasteiger charge is 2.18. The smallest absolute Gasteiger partial charge is 0.0652 e. The average Bonchev–Trinajstić information content (AvgIpc) is 2.78. The van der Waals surface area contributed by atoms with Crippen LogP contribution in [0.25, 0.3) is 10.9 Å². The summed E-state index contributed by atoms with van der Waals surface area (Å²) < 4.78 is 5.76. The number of para-hydroxylation sites is 1. The Kier molecular flexibility index (Phi) is 3.87. The van der Waals surface area contributed by atoms with E-state index in [0.717, 1.165) is 12.8 Å². The van der Waals surface area contributed by atoms with Crippen molar-refractivity contribution in [3.63, 3.8) is 0 Å². The lowest BCUT2D eigenvalue weighted by molar-refractivity contribution is -0.00679. The average molecular weight is 243 g/mol. The number of H-pyrrole nitrogens is 1. The Morgan fingerprint density at radius 3 is 2.89 bits per heavy atom. The molecule has 0 fully saturated rings. The van der Waals surface area contributed by atoms with Crippen molar-refractivity contribution in [3.05, 3.63) is 48.7 Å². The van der Waals surface area contributed by atoms with Crippen LogP contribution in [-0.2, 0) is 11.2 Å². The molecule has 0 radical (unpaired) electrons. The molecule has 1 aromatic carbocycles. The maximum absolute atomic E-state index is 5.76. The molecule has 0 aliphatic heterocycles. The van der Waals surface area contributed by atoms with E-state index in [1.165, 1.54) is 16.5 Å². The number of hydrogen-bond donors (Lipinski definition) is 1. The first-order chi connectivity index (χ1) is 8.62. The topological polar surface area (TPSA) is 25.0 Å². The van der Waals surface area contributed by atoms with Gasteiger partial charge in [0.25, 0.3) is 0 Å². The zero-order valence-electron chi connectivity index (χ0n) is 11.2. The molecule has 0 amide bonds. The molecular weight excluding hydrogens is 222 g/mol. The largest absolute Gasteiger partial charge is 0.372 e. The summed E-state index contributed by atoms with van der Waals surface area (Å²) in [4.78, 5) is 3.31. The van der Waals surface area contributed by atoms with Crippen LogP contribution in [0.3, 0.4) is 0 Å². The number of fused-ring (bicyclic) bond motifs is 1. The van der Waals surface area contributed by atoms with Gasteiger partial charge >= 0.3 is 0 Å². The summed E-state index contributed by atoms with van der Waals surface area (Å²) in [6.07, 6.45) is 5.93. The summed E-state index contributed by atoms with van der Waals surface area (Å²) in [6.45, 7) is 8.56. The lowest BCUT2D eigenvalue weighted by atomic mass is 9.98. The van der Waals surface area contributed by atoms with Gasteiger partial charge in [-0.1, -0.05) is 24.3 Å². The van der Waals surface area contributed by atoms with E-state index in [4.69, 9.17) is 4.74 Å². The van der Waals surface area contributed by atoms with Gasteiger partial charge in [-0.15, -0.1) is 6.58 Å². The summed E-state index contributed by atoms with van der Waals surface area (Å²) in [7, 11) is 0. The Labute approximate surface area is 109 Å². The van der Waals surface area contributed by atoms with E-state index in [0.29, 0.717) is 6.61 Å². The van der Waals surface area contributed by atoms with E-state index >= 15 is 0 Å². The number of aromatic amines is 1. The van der Waals surface area contributed by atoms with Gasteiger partial charge in [-0.25, -0.2) is 0 Å². The van der Waals surface area contributed by atoms with Gasteiger partial charge in [0.2, 0.25) is 0 Å². The van der Waals surface area contributed by atoms with Crippen molar-refractivity contribution < 1.29 is 4.74 Å². The molecule has 1 N–H and O–H groups in total. The molecule has 2 rings (SSSR count). The monoisotopic (exact) mass is 243 g/mol. The summed E-state index contributed by atoms with van der Waals surface area (Å²) >= 11 is 0. The minimum Gasteiger partial charge on any atom is -0.372 e. The van der Waals surface area contributed by atoms with E-state index in [1.54, 1.807) is 6.08 Å². The molecule has 18 heavy (non-hydrogen) atoms. The number of nitrogens with one attached hydrogen (secondary N) is 1. The molecule has 0 atom stereocenters. The molecule has 1 aromatic heterocycles. The fourth-order valence-electron chi connectivity index (χ4n) is 2.13. The van der Waals surface area contributed by atoms with Crippen LogP contribution >= 0.6 is 0 Å². The van der Waals surface area contributed by atoms with Crippen molar-refractivity contribution in [2.24, 2.45) is 0 Å². The number of benzene rings is 1. The van der Waals surface area contributed by atoms with Crippen LogP contribution < -0.4 is 0 Å². The predicted molar refractivity (Wildman–Crippen MR) is 76.8 cm³/mol. The van der Waals surface area contributed by atoms with Gasteiger partial charge < -0.3 is 9.72 Å². The van der Waals surface area contributed by atoms with Gasteiger partial charge in [0.05, 0.1) is 12.2 Å². The maximum atomic E-state index is 5.76. The lowest BCUT2D eigenvalue weighted by Gasteiger charge is -2.24. The third-order valence-corrected chi connectivity index (χ3v) is 3.26. The van der Waals surface area contributed by atoms with E-state index in [1.807, 2.05) is 0 Å². The molecule has 0 aliphatic rings. The second-order valence-electron chi connectivity index (χ2n) is 5.22. The SMILES string of the molecule is C=CCOC(C)(C)CCc1c[nH]c2ccccc12. The van der Waals surface area contributed by atoms with Crippen LogP contribution in [0.5, 0.6) is 0 Å². The zero-order chi connectivity index (χ0) is 13.0. The molecule has 0 bridgehead atoms. The first-order valence-electron chi connectivity index (χ1n) is 6.42. The second kappa shape index (κ2) is 5.40. The molecule has 2 nitrogen and oxygen atoms in total. The summed E-state index contributed by atoms with van der Waals surface area (Å²) in [5.41, 5.74) is 2.46. The lowest BCUT2D eigenvalue weighted by Crippen LogP contribution is -2.25. The normalized spacial score (nSPS) is 11.9. The van der Waals surface area contributed by atoms with Crippen molar-refractivity contribution in [2.75, 3.05) is 6.61 Å².